The molecule has 1 fully saturated rings. The van der Waals surface area contributed by atoms with Gasteiger partial charge < -0.3 is 13.6 Å². The Hall–Kier alpha value is -1.12. The van der Waals surface area contributed by atoms with Gasteiger partial charge in [-0.2, -0.15) is 4.39 Å². The van der Waals surface area contributed by atoms with Crippen LogP contribution in [-0.4, -0.2) is 50.7 Å². The van der Waals surface area contributed by atoms with E-state index in [1.165, 1.54) is 11.6 Å². The first-order chi connectivity index (χ1) is 15.7. The minimum absolute atomic E-state index is 0.0799. The maximum absolute atomic E-state index is 16.2. The first-order valence-electron chi connectivity index (χ1n) is 11.6. The molecule has 1 saturated heterocycles. The minimum atomic E-state index is -2.57. The van der Waals surface area contributed by atoms with E-state index >= 15 is 4.39 Å². The van der Waals surface area contributed by atoms with Crippen LogP contribution in [0, 0.1) is 5.82 Å². The number of halogens is 3. The first-order valence-corrected chi connectivity index (χ1v) is 17.9. The monoisotopic (exact) mass is 552 g/mol. The summed E-state index contributed by atoms with van der Waals surface area (Å²) in [6, 6.07) is 0. The number of aromatic amines is 1. The molecule has 7 nitrogen and oxygen atoms in total. The van der Waals surface area contributed by atoms with Gasteiger partial charge in [0.05, 0.1) is 12.8 Å². The fourth-order valence-corrected chi connectivity index (χ4v) is 5.76. The molecule has 0 saturated carbocycles. The summed E-state index contributed by atoms with van der Waals surface area (Å²) in [4.78, 5) is 25.9. The molecule has 0 unspecified atom stereocenters. The normalized spacial score (nSPS) is 26.6. The number of rotatable bonds is 7. The van der Waals surface area contributed by atoms with Crippen molar-refractivity contribution < 1.29 is 22.4 Å². The van der Waals surface area contributed by atoms with E-state index < -0.39 is 57.8 Å². The molecule has 35 heavy (non-hydrogen) atoms. The number of aromatic nitrogens is 2. The average Bonchev–Trinajstić information content (AvgIpc) is 2.94. The van der Waals surface area contributed by atoms with E-state index in [1.807, 2.05) is 38.8 Å². The Kier molecular flexibility index (Phi) is 8.58. The van der Waals surface area contributed by atoms with Gasteiger partial charge in [0, 0.05) is 5.54 Å². The maximum atomic E-state index is 16.2. The highest BCUT2D eigenvalue weighted by Crippen LogP contribution is 2.47. The maximum Gasteiger partial charge on any atom is 0.330 e. The zero-order valence-electron chi connectivity index (χ0n) is 22.3. The molecule has 1 aromatic rings. The smallest absolute Gasteiger partial charge is 0.330 e. The molecule has 1 aromatic heterocycles. The van der Waals surface area contributed by atoms with Gasteiger partial charge in [0.15, 0.2) is 29.0 Å². The third-order valence-electron chi connectivity index (χ3n) is 7.62. The number of alkyl halides is 1. The fraction of sp³-hybridized carbons (Fsp3) is 0.739. The van der Waals surface area contributed by atoms with Crippen molar-refractivity contribution in [1.29, 1.82) is 0 Å². The van der Waals surface area contributed by atoms with E-state index in [1.54, 1.807) is 0 Å². The largest absolute Gasteiger partial charge is 0.413 e. The van der Waals surface area contributed by atoms with Crippen LogP contribution in [0.2, 0.25) is 36.3 Å². The van der Waals surface area contributed by atoms with Gasteiger partial charge in [-0.3, -0.25) is 14.3 Å². The summed E-state index contributed by atoms with van der Waals surface area (Å²) in [7, 11) is -4.89. The molecule has 0 radical (unpaired) electrons. The van der Waals surface area contributed by atoms with E-state index in [0.717, 1.165) is 0 Å². The summed E-state index contributed by atoms with van der Waals surface area (Å²) in [5, 5.41) is -0.400. The van der Waals surface area contributed by atoms with Crippen molar-refractivity contribution >= 4 is 28.2 Å². The second-order valence-corrected chi connectivity index (χ2v) is 22.0. The lowest BCUT2D eigenvalue weighted by atomic mass is 9.97. The third kappa shape index (κ3) is 6.07. The van der Waals surface area contributed by atoms with E-state index in [4.69, 9.17) is 25.2 Å². The highest BCUT2D eigenvalue weighted by Gasteiger charge is 2.59. The van der Waals surface area contributed by atoms with Crippen LogP contribution in [0.5, 0.6) is 0 Å². The van der Waals surface area contributed by atoms with Crippen molar-refractivity contribution in [2.75, 3.05) is 6.61 Å². The number of H-pyrrole nitrogens is 1. The molecule has 1 N–H and O–H groups in total. The average molecular weight is 553 g/mol. The third-order valence-corrected chi connectivity index (χ3v) is 16.7. The molecule has 0 aliphatic carbocycles. The van der Waals surface area contributed by atoms with Gasteiger partial charge in [0.25, 0.3) is 5.56 Å². The van der Waals surface area contributed by atoms with Crippen molar-refractivity contribution in [3.8, 4) is 0 Å². The van der Waals surface area contributed by atoms with Crippen molar-refractivity contribution in [2.24, 2.45) is 0 Å². The van der Waals surface area contributed by atoms with Crippen LogP contribution in [0.25, 0.3) is 0 Å². The van der Waals surface area contributed by atoms with E-state index in [2.05, 4.69) is 33.9 Å². The molecule has 1 aliphatic heterocycles. The molecule has 4 atom stereocenters. The molecule has 0 spiro atoms. The summed E-state index contributed by atoms with van der Waals surface area (Å²) >= 11 is 6.01. The Bertz CT molecular complexity index is 1060. The van der Waals surface area contributed by atoms with Crippen LogP contribution < -0.4 is 11.2 Å². The highest BCUT2D eigenvalue weighted by atomic mass is 35.5. The molecule has 2 rings (SSSR count). The Morgan fingerprint density at radius 2 is 1.69 bits per heavy atom. The van der Waals surface area contributed by atoms with Crippen molar-refractivity contribution in [3.63, 3.8) is 0 Å². The standard InChI is InChI=1S/C23H39ClF2N2O5Si2/c1-21(2,3)34(7,8)31-14-23(11-12-24)17(33-35(9,10)22(4,5)6)16(26)19(32-23)28-13-15(25)18(29)27-20(28)30/h11-13,16-17,19H,14H2,1-10H3,(H,27,29,30)/t16-,17-,19+,23+/m0/s1. The van der Waals surface area contributed by atoms with Gasteiger partial charge in [-0.25, -0.2) is 9.18 Å². The van der Waals surface area contributed by atoms with Crippen molar-refractivity contribution in [1.82, 2.24) is 9.55 Å². The van der Waals surface area contributed by atoms with Gasteiger partial charge in [-0.05, 0) is 42.3 Å². The van der Waals surface area contributed by atoms with Gasteiger partial charge in [-0.1, -0.05) is 53.1 Å². The summed E-state index contributed by atoms with van der Waals surface area (Å²) in [6.45, 7) is 20.3. The summed E-state index contributed by atoms with van der Waals surface area (Å²) in [6.07, 6.45) is -2.53. The predicted octanol–water partition coefficient (Wildman–Crippen LogP) is 5.45. The molecule has 2 heterocycles. The lowest BCUT2D eigenvalue weighted by Crippen LogP contribution is -2.55. The van der Waals surface area contributed by atoms with Crippen molar-refractivity contribution in [2.45, 2.75) is 102 Å². The van der Waals surface area contributed by atoms with Crippen LogP contribution in [0.3, 0.4) is 0 Å². The highest BCUT2D eigenvalue weighted by molar-refractivity contribution is 6.74. The second kappa shape index (κ2) is 9.98. The second-order valence-electron chi connectivity index (χ2n) is 12.2. The van der Waals surface area contributed by atoms with Crippen LogP contribution in [-0.2, 0) is 13.6 Å². The van der Waals surface area contributed by atoms with Crippen LogP contribution in [0.15, 0.2) is 27.4 Å². The van der Waals surface area contributed by atoms with Gasteiger partial charge in [0.2, 0.25) is 5.82 Å². The minimum Gasteiger partial charge on any atom is -0.413 e. The van der Waals surface area contributed by atoms with Crippen molar-refractivity contribution in [3.05, 3.63) is 44.5 Å². The Labute approximate surface area is 213 Å². The lowest BCUT2D eigenvalue weighted by molar-refractivity contribution is -0.0938. The van der Waals surface area contributed by atoms with E-state index in [9.17, 15) is 14.0 Å². The number of nitrogens with one attached hydrogen (secondary N) is 1. The summed E-state index contributed by atoms with van der Waals surface area (Å²) in [5.74, 6) is -1.23. The number of nitrogens with zero attached hydrogens (tertiary/aromatic N) is 1. The SMILES string of the molecule is CC(C)(C)[Si](C)(C)OC[C@@]1(C=CCl)O[C@@H](n2cc(F)c(=O)[nH]c2=O)[C@@H](F)[C@@H]1O[Si](C)(C)C(C)(C)C. The number of hydrogen-bond acceptors (Lipinski definition) is 5. The van der Waals surface area contributed by atoms with Crippen LogP contribution in [0.4, 0.5) is 8.78 Å². The van der Waals surface area contributed by atoms with E-state index in [0.29, 0.717) is 10.8 Å². The Balaban J connectivity index is 2.65. The van der Waals surface area contributed by atoms with E-state index in [-0.39, 0.29) is 16.7 Å². The van der Waals surface area contributed by atoms with Gasteiger partial charge in [-0.15, -0.1) is 0 Å². The first kappa shape index (κ1) is 30.1. The zero-order valence-corrected chi connectivity index (χ0v) is 25.0. The lowest BCUT2D eigenvalue weighted by Gasteiger charge is -2.44. The van der Waals surface area contributed by atoms with Crippen LogP contribution in [0.1, 0.15) is 47.8 Å². The predicted molar refractivity (Wildman–Crippen MR) is 139 cm³/mol. The van der Waals surface area contributed by atoms with Gasteiger partial charge >= 0.3 is 5.69 Å². The number of ether oxygens (including phenoxy) is 1. The number of hydrogen-bond donors (Lipinski definition) is 1. The molecule has 200 valence electrons. The molecular weight excluding hydrogens is 514 g/mol. The molecule has 1 aliphatic rings. The molecular formula is C23H39ClF2N2O5Si2. The summed E-state index contributed by atoms with van der Waals surface area (Å²) < 4.78 is 50.1. The van der Waals surface area contributed by atoms with Crippen LogP contribution >= 0.6 is 11.6 Å². The molecule has 12 heteroatoms. The quantitative estimate of drug-likeness (QED) is 0.455. The Morgan fingerprint density at radius 3 is 2.17 bits per heavy atom. The van der Waals surface area contributed by atoms with Gasteiger partial charge in [0.1, 0.15) is 11.7 Å². The molecule has 0 aromatic carbocycles. The fourth-order valence-electron chi connectivity index (χ4n) is 3.21. The molecule has 0 amide bonds. The zero-order chi connectivity index (χ0) is 27.2. The summed E-state index contributed by atoms with van der Waals surface area (Å²) in [5.41, 5.74) is -2.47. The molecule has 0 bridgehead atoms. The topological polar surface area (TPSA) is 82.5 Å². The Morgan fingerprint density at radius 1 is 1.14 bits per heavy atom.